The normalized spacial score (nSPS) is 13.0. The molecule has 0 saturated heterocycles. The fourth-order valence-electron chi connectivity index (χ4n) is 2.21. The van der Waals surface area contributed by atoms with Crippen LogP contribution in [0.25, 0.3) is 10.9 Å². The van der Waals surface area contributed by atoms with E-state index in [1.807, 2.05) is 18.2 Å². The van der Waals surface area contributed by atoms with Gasteiger partial charge in [-0.15, -0.1) is 0 Å². The number of likely N-dealkylation sites (N-methyl/N-ethyl adjacent to an activating group) is 1. The van der Waals surface area contributed by atoms with Gasteiger partial charge in [0.25, 0.3) is 5.56 Å². The van der Waals surface area contributed by atoms with Gasteiger partial charge in [-0.1, -0.05) is 19.1 Å². The van der Waals surface area contributed by atoms with E-state index in [2.05, 4.69) is 41.1 Å². The van der Waals surface area contributed by atoms with E-state index in [4.69, 9.17) is 0 Å². The van der Waals surface area contributed by atoms with Gasteiger partial charge >= 0.3 is 0 Å². The van der Waals surface area contributed by atoms with Gasteiger partial charge in [0, 0.05) is 19.1 Å². The second-order valence-electron chi connectivity index (χ2n) is 5.44. The third kappa shape index (κ3) is 4.12. The van der Waals surface area contributed by atoms with E-state index < -0.39 is 0 Å². The van der Waals surface area contributed by atoms with Crippen molar-refractivity contribution >= 4 is 10.9 Å². The summed E-state index contributed by atoms with van der Waals surface area (Å²) in [4.78, 5) is 21.6. The van der Waals surface area contributed by atoms with Gasteiger partial charge in [0.2, 0.25) is 0 Å². The lowest BCUT2D eigenvalue weighted by atomic mass is 10.2. The molecule has 2 aromatic rings. The highest BCUT2D eigenvalue weighted by Crippen LogP contribution is 2.05. The molecule has 1 unspecified atom stereocenters. The molecule has 0 bridgehead atoms. The van der Waals surface area contributed by atoms with Gasteiger partial charge < -0.3 is 15.2 Å². The van der Waals surface area contributed by atoms with Crippen molar-refractivity contribution in [1.82, 2.24) is 20.2 Å². The van der Waals surface area contributed by atoms with E-state index in [0.29, 0.717) is 23.8 Å². The van der Waals surface area contributed by atoms with Gasteiger partial charge in [0.1, 0.15) is 5.82 Å². The zero-order valence-corrected chi connectivity index (χ0v) is 13.0. The van der Waals surface area contributed by atoms with Gasteiger partial charge in [-0.05, 0) is 32.5 Å². The molecular formula is C16H24N4O. The summed E-state index contributed by atoms with van der Waals surface area (Å²) in [7, 11) is 2.13. The summed E-state index contributed by atoms with van der Waals surface area (Å²) >= 11 is 0. The number of aromatic amines is 1. The fraction of sp³-hybridized carbons (Fsp3) is 0.500. The number of rotatable bonds is 7. The molecule has 5 heteroatoms. The van der Waals surface area contributed by atoms with Crippen LogP contribution in [0.4, 0.5) is 0 Å². The number of para-hydroxylation sites is 1. The Hall–Kier alpha value is -1.72. The SMILES string of the molecule is CCC(C)N(C)CCNCc1nc2ccccc2c(=O)[nH]1. The first kappa shape index (κ1) is 15.7. The third-order valence-electron chi connectivity index (χ3n) is 3.94. The van der Waals surface area contributed by atoms with E-state index >= 15 is 0 Å². The number of H-pyrrole nitrogens is 1. The van der Waals surface area contributed by atoms with Crippen molar-refractivity contribution in [3.63, 3.8) is 0 Å². The lowest BCUT2D eigenvalue weighted by Gasteiger charge is -2.23. The summed E-state index contributed by atoms with van der Waals surface area (Å²) in [5.74, 6) is 0.685. The first-order valence-corrected chi connectivity index (χ1v) is 7.50. The smallest absolute Gasteiger partial charge is 0.258 e. The molecule has 1 aromatic carbocycles. The van der Waals surface area contributed by atoms with Crippen molar-refractivity contribution in [2.24, 2.45) is 0 Å². The molecule has 1 aromatic heterocycles. The van der Waals surface area contributed by atoms with Gasteiger partial charge in [-0.25, -0.2) is 4.98 Å². The zero-order chi connectivity index (χ0) is 15.2. The number of aromatic nitrogens is 2. The molecule has 0 saturated carbocycles. The van der Waals surface area contributed by atoms with Crippen LogP contribution in [0.3, 0.4) is 0 Å². The molecule has 0 aliphatic rings. The van der Waals surface area contributed by atoms with Crippen molar-refractivity contribution in [2.75, 3.05) is 20.1 Å². The van der Waals surface area contributed by atoms with Crippen molar-refractivity contribution < 1.29 is 0 Å². The monoisotopic (exact) mass is 288 g/mol. The minimum Gasteiger partial charge on any atom is -0.309 e. The standard InChI is InChI=1S/C16H24N4O/c1-4-12(2)20(3)10-9-17-11-15-18-14-8-6-5-7-13(14)16(21)19-15/h5-8,12,17H,4,9-11H2,1-3H3,(H,18,19,21). The fourth-order valence-corrected chi connectivity index (χ4v) is 2.21. The molecule has 5 nitrogen and oxygen atoms in total. The van der Waals surface area contributed by atoms with E-state index in [-0.39, 0.29) is 5.56 Å². The number of nitrogens with zero attached hydrogens (tertiary/aromatic N) is 2. The highest BCUT2D eigenvalue weighted by molar-refractivity contribution is 5.77. The van der Waals surface area contributed by atoms with Crippen LogP contribution in [0, 0.1) is 0 Å². The molecular weight excluding hydrogens is 264 g/mol. The van der Waals surface area contributed by atoms with Crippen molar-refractivity contribution in [3.8, 4) is 0 Å². The summed E-state index contributed by atoms with van der Waals surface area (Å²) < 4.78 is 0. The maximum absolute atomic E-state index is 11.9. The number of nitrogens with one attached hydrogen (secondary N) is 2. The molecule has 0 aliphatic carbocycles. The van der Waals surface area contributed by atoms with Crippen molar-refractivity contribution in [2.45, 2.75) is 32.9 Å². The van der Waals surface area contributed by atoms with Gasteiger partial charge in [0.15, 0.2) is 0 Å². The van der Waals surface area contributed by atoms with Gasteiger partial charge in [-0.3, -0.25) is 4.79 Å². The summed E-state index contributed by atoms with van der Waals surface area (Å²) in [5, 5.41) is 3.97. The quantitative estimate of drug-likeness (QED) is 0.762. The summed E-state index contributed by atoms with van der Waals surface area (Å²) in [6.45, 7) is 6.85. The summed E-state index contributed by atoms with van der Waals surface area (Å²) in [6, 6.07) is 7.99. The summed E-state index contributed by atoms with van der Waals surface area (Å²) in [5.41, 5.74) is 0.670. The van der Waals surface area contributed by atoms with Gasteiger partial charge in [0.05, 0.1) is 17.4 Å². The van der Waals surface area contributed by atoms with Crippen molar-refractivity contribution in [1.29, 1.82) is 0 Å². The molecule has 2 rings (SSSR count). The molecule has 114 valence electrons. The number of fused-ring (bicyclic) bond motifs is 1. The molecule has 0 spiro atoms. The van der Waals surface area contributed by atoms with Crippen LogP contribution in [0.1, 0.15) is 26.1 Å². The largest absolute Gasteiger partial charge is 0.309 e. The Balaban J connectivity index is 1.91. The number of benzene rings is 1. The highest BCUT2D eigenvalue weighted by atomic mass is 16.1. The van der Waals surface area contributed by atoms with Crippen LogP contribution in [0.5, 0.6) is 0 Å². The van der Waals surface area contributed by atoms with Gasteiger partial charge in [-0.2, -0.15) is 0 Å². The highest BCUT2D eigenvalue weighted by Gasteiger charge is 2.06. The van der Waals surface area contributed by atoms with Crippen LogP contribution in [0.2, 0.25) is 0 Å². The third-order valence-corrected chi connectivity index (χ3v) is 3.94. The average Bonchev–Trinajstić information content (AvgIpc) is 2.50. The zero-order valence-electron chi connectivity index (χ0n) is 13.0. The Labute approximate surface area is 125 Å². The van der Waals surface area contributed by atoms with Crippen LogP contribution in [0.15, 0.2) is 29.1 Å². The molecule has 0 aliphatic heterocycles. The maximum atomic E-state index is 11.9. The van der Waals surface area contributed by atoms with Crippen molar-refractivity contribution in [3.05, 3.63) is 40.4 Å². The Kier molecular flexibility index (Phi) is 5.47. The lowest BCUT2D eigenvalue weighted by molar-refractivity contribution is 0.251. The number of hydrogen-bond donors (Lipinski definition) is 2. The van der Waals surface area contributed by atoms with Crippen LogP contribution in [-0.2, 0) is 6.54 Å². The Bertz CT molecular complexity index is 637. The molecule has 21 heavy (non-hydrogen) atoms. The minimum atomic E-state index is -0.0749. The molecule has 1 heterocycles. The second-order valence-corrected chi connectivity index (χ2v) is 5.44. The molecule has 0 fully saturated rings. The van der Waals surface area contributed by atoms with E-state index in [1.54, 1.807) is 6.07 Å². The predicted octanol–water partition coefficient (Wildman–Crippen LogP) is 1.74. The lowest BCUT2D eigenvalue weighted by Crippen LogP contribution is -2.35. The second kappa shape index (κ2) is 7.33. The number of hydrogen-bond acceptors (Lipinski definition) is 4. The predicted molar refractivity (Wildman–Crippen MR) is 86.5 cm³/mol. The summed E-state index contributed by atoms with van der Waals surface area (Å²) in [6.07, 6.45) is 1.15. The van der Waals surface area contributed by atoms with Crippen LogP contribution in [-0.4, -0.2) is 41.0 Å². The molecule has 0 radical (unpaired) electrons. The van der Waals surface area contributed by atoms with E-state index in [0.717, 1.165) is 25.0 Å². The van der Waals surface area contributed by atoms with Crippen LogP contribution >= 0.6 is 0 Å². The average molecular weight is 288 g/mol. The topological polar surface area (TPSA) is 61.0 Å². The molecule has 2 N–H and O–H groups in total. The maximum Gasteiger partial charge on any atom is 0.258 e. The van der Waals surface area contributed by atoms with E-state index in [1.165, 1.54) is 0 Å². The van der Waals surface area contributed by atoms with E-state index in [9.17, 15) is 4.79 Å². The first-order chi connectivity index (χ1) is 10.1. The first-order valence-electron chi connectivity index (χ1n) is 7.50. The Morgan fingerprint density at radius 2 is 2.14 bits per heavy atom. The molecule has 1 atom stereocenters. The van der Waals surface area contributed by atoms with Crippen LogP contribution < -0.4 is 10.9 Å². The minimum absolute atomic E-state index is 0.0749. The Morgan fingerprint density at radius 3 is 2.90 bits per heavy atom. The Morgan fingerprint density at radius 1 is 1.38 bits per heavy atom. The molecule has 0 amide bonds.